The molecule has 1 aliphatic heterocycles. The Bertz CT molecular complexity index is 990. The van der Waals surface area contributed by atoms with Crippen LogP contribution in [0.1, 0.15) is 30.3 Å². The van der Waals surface area contributed by atoms with Crippen LogP contribution in [0.25, 0.3) is 0 Å². The fraction of sp³-hybridized carbons (Fsp3) is 0.524. The lowest BCUT2D eigenvalue weighted by Crippen LogP contribution is -2.42. The number of para-hydroxylation sites is 1. The molecule has 2 N–H and O–H groups in total. The highest BCUT2D eigenvalue weighted by molar-refractivity contribution is 14.0. The standard InChI is InChI=1S/C21H32N6O2S.HI/c1-4-22-21(23-11-7-13-26-18(3)16-17(2)25-26)24-12-15-30(28,29)27-14-10-19-8-5-6-9-20(19)27;/h5-6,8-9,16H,4,7,10-15H2,1-3H3,(H2,22,23,24);1H. The zero-order valence-corrected chi connectivity index (χ0v) is 21.6. The van der Waals surface area contributed by atoms with Crippen LogP contribution < -0.4 is 14.9 Å². The van der Waals surface area contributed by atoms with Crippen molar-refractivity contribution in [1.82, 2.24) is 20.4 Å². The van der Waals surface area contributed by atoms with E-state index in [2.05, 4.69) is 26.8 Å². The molecule has 2 aromatic rings. The first-order valence-corrected chi connectivity index (χ1v) is 12.1. The second-order valence-corrected chi connectivity index (χ2v) is 9.47. The summed E-state index contributed by atoms with van der Waals surface area (Å²) < 4.78 is 29.1. The third-order valence-electron chi connectivity index (χ3n) is 5.08. The van der Waals surface area contributed by atoms with Crippen molar-refractivity contribution in [2.45, 2.75) is 40.2 Å². The molecule has 0 bridgehead atoms. The van der Waals surface area contributed by atoms with E-state index in [1.165, 1.54) is 4.31 Å². The summed E-state index contributed by atoms with van der Waals surface area (Å²) >= 11 is 0. The number of anilines is 1. The Hall–Kier alpha value is -1.82. The highest BCUT2D eigenvalue weighted by Crippen LogP contribution is 2.29. The molecule has 0 spiro atoms. The van der Waals surface area contributed by atoms with Gasteiger partial charge in [0.2, 0.25) is 10.0 Å². The van der Waals surface area contributed by atoms with Gasteiger partial charge in [-0.05, 0) is 51.3 Å². The van der Waals surface area contributed by atoms with Crippen LogP contribution in [0.4, 0.5) is 5.69 Å². The van der Waals surface area contributed by atoms with E-state index in [1.807, 2.05) is 49.7 Å². The average Bonchev–Trinajstić information content (AvgIpc) is 3.28. The maximum Gasteiger partial charge on any atom is 0.236 e. The lowest BCUT2D eigenvalue weighted by atomic mass is 10.2. The van der Waals surface area contributed by atoms with Gasteiger partial charge in [-0.25, -0.2) is 8.42 Å². The van der Waals surface area contributed by atoms with Gasteiger partial charge in [-0.3, -0.25) is 14.0 Å². The fourth-order valence-electron chi connectivity index (χ4n) is 3.66. The molecule has 0 radical (unpaired) electrons. The minimum absolute atomic E-state index is 0. The van der Waals surface area contributed by atoms with Gasteiger partial charge in [-0.15, -0.1) is 24.0 Å². The van der Waals surface area contributed by atoms with E-state index >= 15 is 0 Å². The smallest absolute Gasteiger partial charge is 0.236 e. The van der Waals surface area contributed by atoms with Gasteiger partial charge in [0.25, 0.3) is 0 Å². The normalized spacial score (nSPS) is 13.6. The monoisotopic (exact) mass is 560 g/mol. The van der Waals surface area contributed by atoms with Gasteiger partial charge >= 0.3 is 0 Å². The van der Waals surface area contributed by atoms with E-state index in [4.69, 9.17) is 0 Å². The summed E-state index contributed by atoms with van der Waals surface area (Å²) in [6, 6.07) is 9.76. The molecule has 0 fully saturated rings. The van der Waals surface area contributed by atoms with Gasteiger partial charge < -0.3 is 10.6 Å². The SMILES string of the molecule is CCNC(=NCCCn1nc(C)cc1C)NCCS(=O)(=O)N1CCc2ccccc21.I. The summed E-state index contributed by atoms with van der Waals surface area (Å²) in [6.07, 6.45) is 1.63. The summed E-state index contributed by atoms with van der Waals surface area (Å²) in [6.45, 7) is 9.02. The quantitative estimate of drug-likeness (QED) is 0.213. The number of rotatable bonds is 9. The van der Waals surface area contributed by atoms with Gasteiger partial charge in [0.05, 0.1) is 17.1 Å². The minimum atomic E-state index is -3.37. The Balaban J connectivity index is 0.00000341. The summed E-state index contributed by atoms with van der Waals surface area (Å²) in [5, 5.41) is 10.8. The molecule has 0 unspecified atom stereocenters. The number of aliphatic imine (C=N–C) groups is 1. The Morgan fingerprint density at radius 3 is 2.71 bits per heavy atom. The van der Waals surface area contributed by atoms with Crippen molar-refractivity contribution in [2.24, 2.45) is 4.99 Å². The molecule has 0 saturated carbocycles. The summed E-state index contributed by atoms with van der Waals surface area (Å²) in [7, 11) is -3.37. The van der Waals surface area contributed by atoms with E-state index in [0.29, 0.717) is 25.6 Å². The summed E-state index contributed by atoms with van der Waals surface area (Å²) in [5.41, 5.74) is 4.07. The Morgan fingerprint density at radius 1 is 1.23 bits per heavy atom. The number of aryl methyl sites for hydroxylation is 3. The van der Waals surface area contributed by atoms with Crippen LogP contribution in [0.5, 0.6) is 0 Å². The summed E-state index contributed by atoms with van der Waals surface area (Å²) in [4.78, 5) is 4.56. The molecule has 31 heavy (non-hydrogen) atoms. The molecule has 172 valence electrons. The van der Waals surface area contributed by atoms with Crippen molar-refractivity contribution in [1.29, 1.82) is 0 Å². The first kappa shape index (κ1) is 25.4. The Labute approximate surface area is 202 Å². The minimum Gasteiger partial charge on any atom is -0.357 e. The first-order valence-electron chi connectivity index (χ1n) is 10.5. The van der Waals surface area contributed by atoms with Crippen molar-refractivity contribution in [3.63, 3.8) is 0 Å². The number of benzene rings is 1. The highest BCUT2D eigenvalue weighted by Gasteiger charge is 2.28. The van der Waals surface area contributed by atoms with Gasteiger partial charge in [-0.2, -0.15) is 5.10 Å². The second kappa shape index (κ2) is 11.7. The Morgan fingerprint density at radius 2 is 2.00 bits per heavy atom. The van der Waals surface area contributed by atoms with E-state index in [0.717, 1.165) is 48.6 Å². The second-order valence-electron chi connectivity index (χ2n) is 7.46. The largest absolute Gasteiger partial charge is 0.357 e. The van der Waals surface area contributed by atoms with Gasteiger partial charge in [0, 0.05) is 38.4 Å². The Kier molecular flexibility index (Phi) is 9.60. The van der Waals surface area contributed by atoms with Crippen LogP contribution >= 0.6 is 24.0 Å². The number of aromatic nitrogens is 2. The molecule has 0 aliphatic carbocycles. The molecule has 1 aromatic carbocycles. The van der Waals surface area contributed by atoms with E-state index in [-0.39, 0.29) is 29.7 Å². The average molecular weight is 561 g/mol. The predicted octanol–water partition coefficient (Wildman–Crippen LogP) is 2.46. The number of halogens is 1. The van der Waals surface area contributed by atoms with E-state index < -0.39 is 10.0 Å². The molecule has 0 atom stereocenters. The molecule has 2 heterocycles. The van der Waals surface area contributed by atoms with Crippen LogP contribution in [0, 0.1) is 13.8 Å². The number of hydrogen-bond donors (Lipinski definition) is 2. The molecule has 1 aromatic heterocycles. The molecule has 0 saturated heterocycles. The van der Waals surface area contributed by atoms with Crippen molar-refractivity contribution in [2.75, 3.05) is 36.2 Å². The van der Waals surface area contributed by atoms with E-state index in [1.54, 1.807) is 0 Å². The molecule has 8 nitrogen and oxygen atoms in total. The van der Waals surface area contributed by atoms with Crippen molar-refractivity contribution in [3.05, 3.63) is 47.3 Å². The number of guanidine groups is 1. The zero-order chi connectivity index (χ0) is 21.6. The molecule has 10 heteroatoms. The molecular weight excluding hydrogens is 527 g/mol. The third-order valence-corrected chi connectivity index (χ3v) is 6.85. The van der Waals surface area contributed by atoms with Crippen LogP contribution in [-0.4, -0.2) is 56.1 Å². The van der Waals surface area contributed by atoms with Crippen LogP contribution in [0.3, 0.4) is 0 Å². The molecular formula is C21H33IN6O2S. The van der Waals surface area contributed by atoms with Crippen molar-refractivity contribution < 1.29 is 8.42 Å². The highest BCUT2D eigenvalue weighted by atomic mass is 127. The van der Waals surface area contributed by atoms with Gasteiger partial charge in [0.15, 0.2) is 5.96 Å². The van der Waals surface area contributed by atoms with Crippen molar-refractivity contribution in [3.8, 4) is 0 Å². The zero-order valence-electron chi connectivity index (χ0n) is 18.5. The van der Waals surface area contributed by atoms with Crippen LogP contribution in [-0.2, 0) is 23.0 Å². The number of nitrogens with zero attached hydrogens (tertiary/aromatic N) is 4. The third kappa shape index (κ3) is 6.83. The van der Waals surface area contributed by atoms with Gasteiger partial charge in [-0.1, -0.05) is 18.2 Å². The van der Waals surface area contributed by atoms with E-state index in [9.17, 15) is 8.42 Å². The number of hydrogen-bond acceptors (Lipinski definition) is 4. The number of fused-ring (bicyclic) bond motifs is 1. The number of sulfonamides is 1. The topological polar surface area (TPSA) is 91.6 Å². The lowest BCUT2D eigenvalue weighted by molar-refractivity contribution is 0.567. The van der Waals surface area contributed by atoms with Crippen LogP contribution in [0.2, 0.25) is 0 Å². The molecule has 0 amide bonds. The predicted molar refractivity (Wildman–Crippen MR) is 137 cm³/mol. The number of nitrogens with one attached hydrogen (secondary N) is 2. The van der Waals surface area contributed by atoms with Gasteiger partial charge in [0.1, 0.15) is 0 Å². The maximum absolute atomic E-state index is 12.8. The first-order chi connectivity index (χ1) is 14.4. The maximum atomic E-state index is 12.8. The summed E-state index contributed by atoms with van der Waals surface area (Å²) in [5.74, 6) is 0.667. The molecule has 1 aliphatic rings. The van der Waals surface area contributed by atoms with Crippen LogP contribution in [0.15, 0.2) is 35.3 Å². The fourth-order valence-corrected chi connectivity index (χ4v) is 5.09. The van der Waals surface area contributed by atoms with Crippen molar-refractivity contribution >= 4 is 45.6 Å². The lowest BCUT2D eigenvalue weighted by Gasteiger charge is -2.20. The molecule has 3 rings (SSSR count).